The van der Waals surface area contributed by atoms with E-state index in [-0.39, 0.29) is 28.7 Å². The first-order valence-corrected chi connectivity index (χ1v) is 9.70. The van der Waals surface area contributed by atoms with Crippen LogP contribution in [0.3, 0.4) is 0 Å². The number of benzene rings is 2. The van der Waals surface area contributed by atoms with E-state index in [9.17, 15) is 26.7 Å². The third-order valence-electron chi connectivity index (χ3n) is 4.30. The third-order valence-corrected chi connectivity index (χ3v) is 5.11. The summed E-state index contributed by atoms with van der Waals surface area (Å²) >= 11 is 1.92. The monoisotopic (exact) mass is 563 g/mol. The fourth-order valence-electron chi connectivity index (χ4n) is 2.85. The van der Waals surface area contributed by atoms with Crippen LogP contribution in [0, 0.1) is 44.0 Å². The Morgan fingerprint density at radius 1 is 1.12 bits per heavy atom. The molecule has 0 aliphatic carbocycles. The number of carbonyl (C=O) groups excluding carboxylic acids is 1. The van der Waals surface area contributed by atoms with Crippen molar-refractivity contribution in [2.24, 2.45) is 5.10 Å². The average molecular weight is 563 g/mol. The van der Waals surface area contributed by atoms with Crippen molar-refractivity contribution in [2.45, 2.75) is 6.92 Å². The van der Waals surface area contributed by atoms with Gasteiger partial charge in [-0.15, -0.1) is 0 Å². The SMILES string of the molecule is COc1cc(/C=C2/C(=O)N(c3c(F)c(F)c(F)c(F)c3F)N=C2C)cc(I)c1OCC#N. The van der Waals surface area contributed by atoms with E-state index in [0.717, 1.165) is 0 Å². The van der Waals surface area contributed by atoms with Gasteiger partial charge in [0.25, 0.3) is 5.91 Å². The molecule has 32 heavy (non-hydrogen) atoms. The number of amides is 1. The number of rotatable bonds is 5. The van der Waals surface area contributed by atoms with Crippen LogP contribution < -0.4 is 14.5 Å². The molecule has 0 saturated carbocycles. The van der Waals surface area contributed by atoms with Gasteiger partial charge in [0.1, 0.15) is 11.8 Å². The molecule has 0 bridgehead atoms. The normalized spacial score (nSPS) is 14.6. The summed E-state index contributed by atoms with van der Waals surface area (Å²) in [5.74, 6) is -11.6. The Kier molecular flexibility index (Phi) is 6.68. The third kappa shape index (κ3) is 3.99. The molecule has 0 spiro atoms. The summed E-state index contributed by atoms with van der Waals surface area (Å²) in [6.07, 6.45) is 1.31. The number of carbonyl (C=O) groups is 1. The van der Waals surface area contributed by atoms with Crippen molar-refractivity contribution in [3.8, 4) is 17.6 Å². The molecule has 1 aliphatic rings. The zero-order chi connectivity index (χ0) is 23.7. The number of ether oxygens (including phenoxy) is 2. The van der Waals surface area contributed by atoms with Crippen LogP contribution in [-0.4, -0.2) is 25.3 Å². The minimum Gasteiger partial charge on any atom is -0.493 e. The lowest BCUT2D eigenvalue weighted by Crippen LogP contribution is -2.25. The number of anilines is 1. The van der Waals surface area contributed by atoms with Crippen molar-refractivity contribution in [3.05, 3.63) is 55.9 Å². The molecular formula is C20H11F5IN3O3. The number of hydrogen-bond acceptors (Lipinski definition) is 5. The highest BCUT2D eigenvalue weighted by atomic mass is 127. The summed E-state index contributed by atoms with van der Waals surface area (Å²) in [6.45, 7) is 1.11. The second kappa shape index (κ2) is 9.11. The molecule has 6 nitrogen and oxygen atoms in total. The van der Waals surface area contributed by atoms with E-state index in [1.165, 1.54) is 26.2 Å². The molecule has 0 fully saturated rings. The largest absolute Gasteiger partial charge is 0.493 e. The maximum absolute atomic E-state index is 14.1. The van der Waals surface area contributed by atoms with E-state index in [2.05, 4.69) is 5.10 Å². The van der Waals surface area contributed by atoms with Gasteiger partial charge in [-0.05, 0) is 53.3 Å². The number of methoxy groups -OCH3 is 1. The maximum atomic E-state index is 14.1. The summed E-state index contributed by atoms with van der Waals surface area (Å²) in [5, 5.41) is 12.5. The first-order valence-electron chi connectivity index (χ1n) is 8.62. The lowest BCUT2D eigenvalue weighted by molar-refractivity contribution is -0.114. The van der Waals surface area contributed by atoms with Gasteiger partial charge in [0.05, 0.1) is 22.0 Å². The van der Waals surface area contributed by atoms with E-state index >= 15 is 0 Å². The van der Waals surface area contributed by atoms with Crippen LogP contribution >= 0.6 is 22.6 Å². The van der Waals surface area contributed by atoms with Crippen LogP contribution in [0.2, 0.25) is 0 Å². The van der Waals surface area contributed by atoms with Gasteiger partial charge in [-0.1, -0.05) is 0 Å². The molecule has 0 N–H and O–H groups in total. The van der Waals surface area contributed by atoms with Crippen LogP contribution in [0.5, 0.6) is 11.5 Å². The number of nitrogens with zero attached hydrogens (tertiary/aromatic N) is 3. The molecule has 1 heterocycles. The van der Waals surface area contributed by atoms with Gasteiger partial charge in [-0.3, -0.25) is 4.79 Å². The molecule has 0 saturated heterocycles. The van der Waals surface area contributed by atoms with Crippen LogP contribution in [0.1, 0.15) is 12.5 Å². The molecule has 1 amide bonds. The predicted octanol–water partition coefficient (Wildman–Crippen LogP) is 4.70. The molecular weight excluding hydrogens is 552 g/mol. The Morgan fingerprint density at radius 3 is 2.28 bits per heavy atom. The van der Waals surface area contributed by atoms with Gasteiger partial charge < -0.3 is 9.47 Å². The van der Waals surface area contributed by atoms with Crippen molar-refractivity contribution in [3.63, 3.8) is 0 Å². The second-order valence-electron chi connectivity index (χ2n) is 6.26. The standard InChI is InChI=1S/C20H11F5IN3O3/c1-8-10(5-9-6-11(26)19(32-4-3-27)12(7-9)31-2)20(30)29(28-8)18-16(24)14(22)13(21)15(23)17(18)25/h5-7H,4H2,1-2H3/b10-5+. The van der Waals surface area contributed by atoms with Crippen molar-refractivity contribution >= 4 is 46.0 Å². The average Bonchev–Trinajstić information content (AvgIpc) is 3.03. The molecule has 2 aromatic rings. The van der Waals surface area contributed by atoms with Gasteiger partial charge in [-0.2, -0.15) is 15.4 Å². The number of hydrogen-bond donors (Lipinski definition) is 0. The van der Waals surface area contributed by atoms with Crippen molar-refractivity contribution in [1.29, 1.82) is 5.26 Å². The van der Waals surface area contributed by atoms with Gasteiger partial charge in [0, 0.05) is 0 Å². The fourth-order valence-corrected chi connectivity index (χ4v) is 3.63. The van der Waals surface area contributed by atoms with Gasteiger partial charge in [0.15, 0.2) is 41.4 Å². The molecule has 0 atom stereocenters. The highest BCUT2D eigenvalue weighted by molar-refractivity contribution is 14.1. The summed E-state index contributed by atoms with van der Waals surface area (Å²) < 4.78 is 79.8. The van der Waals surface area contributed by atoms with Gasteiger partial charge >= 0.3 is 0 Å². The van der Waals surface area contributed by atoms with E-state index in [1.54, 1.807) is 6.07 Å². The number of nitriles is 1. The highest BCUT2D eigenvalue weighted by Crippen LogP contribution is 2.36. The van der Waals surface area contributed by atoms with Crippen LogP contribution in [0.15, 0.2) is 22.8 Å². The van der Waals surface area contributed by atoms with E-state index in [4.69, 9.17) is 14.7 Å². The molecule has 1 aliphatic heterocycles. The molecule has 0 unspecified atom stereocenters. The topological polar surface area (TPSA) is 74.9 Å². The lowest BCUT2D eigenvalue weighted by atomic mass is 10.1. The second-order valence-corrected chi connectivity index (χ2v) is 7.42. The van der Waals surface area contributed by atoms with Crippen molar-refractivity contribution in [2.75, 3.05) is 18.7 Å². The number of hydrazone groups is 1. The Labute approximate surface area is 191 Å². The highest BCUT2D eigenvalue weighted by Gasteiger charge is 2.37. The Hall–Kier alpha value is -3.21. The minimum absolute atomic E-state index is 0.0160. The molecule has 12 heteroatoms. The maximum Gasteiger partial charge on any atom is 0.280 e. The first-order chi connectivity index (χ1) is 15.1. The Bertz CT molecular complexity index is 1210. The fraction of sp³-hybridized carbons (Fsp3) is 0.150. The minimum atomic E-state index is -2.34. The van der Waals surface area contributed by atoms with Crippen LogP contribution in [0.25, 0.3) is 6.08 Å². The number of halogens is 6. The van der Waals surface area contributed by atoms with E-state index < -0.39 is 40.7 Å². The van der Waals surface area contributed by atoms with E-state index in [0.29, 0.717) is 14.9 Å². The zero-order valence-corrected chi connectivity index (χ0v) is 18.4. The van der Waals surface area contributed by atoms with Crippen molar-refractivity contribution < 1.29 is 36.2 Å². The summed E-state index contributed by atoms with van der Waals surface area (Å²) in [5.41, 5.74) is -1.23. The van der Waals surface area contributed by atoms with Gasteiger partial charge in [0.2, 0.25) is 5.82 Å². The quantitative estimate of drug-likeness (QED) is 0.174. The molecule has 0 aromatic heterocycles. The molecule has 3 rings (SSSR count). The molecule has 166 valence electrons. The Balaban J connectivity index is 2.05. The summed E-state index contributed by atoms with van der Waals surface area (Å²) in [4.78, 5) is 12.8. The van der Waals surface area contributed by atoms with Gasteiger partial charge in [-0.25, -0.2) is 22.0 Å². The van der Waals surface area contributed by atoms with Crippen LogP contribution in [-0.2, 0) is 4.79 Å². The zero-order valence-electron chi connectivity index (χ0n) is 16.3. The summed E-state index contributed by atoms with van der Waals surface area (Å²) in [6, 6.07) is 4.87. The summed E-state index contributed by atoms with van der Waals surface area (Å²) in [7, 11) is 1.36. The first kappa shape index (κ1) is 23.5. The van der Waals surface area contributed by atoms with E-state index in [1.807, 2.05) is 28.7 Å². The lowest BCUT2D eigenvalue weighted by Gasteiger charge is -2.15. The van der Waals surface area contributed by atoms with Crippen LogP contribution in [0.4, 0.5) is 27.6 Å². The smallest absolute Gasteiger partial charge is 0.280 e. The van der Waals surface area contributed by atoms with Crippen molar-refractivity contribution in [1.82, 2.24) is 0 Å². The predicted molar refractivity (Wildman–Crippen MR) is 112 cm³/mol. The molecule has 2 aromatic carbocycles. The molecule has 0 radical (unpaired) electrons. The Morgan fingerprint density at radius 2 is 1.72 bits per heavy atom.